The first kappa shape index (κ1) is 15.0. The van der Waals surface area contributed by atoms with Crippen LogP contribution in [-0.2, 0) is 4.79 Å². The molecule has 2 aliphatic carbocycles. The van der Waals surface area contributed by atoms with Crippen LogP contribution in [0.25, 0.3) is 0 Å². The molecule has 2 atom stereocenters. The number of ether oxygens (including phenoxy) is 1. The van der Waals surface area contributed by atoms with Crippen molar-refractivity contribution in [3.8, 4) is 5.75 Å². The Morgan fingerprint density at radius 3 is 2.62 bits per heavy atom. The average molecular weight is 381 g/mol. The molecule has 1 amide bonds. The number of fused-ring (bicyclic) bond motifs is 1. The van der Waals surface area contributed by atoms with Crippen LogP contribution in [0.3, 0.4) is 0 Å². The quantitative estimate of drug-likeness (QED) is 0.823. The number of alkyl halides is 2. The first-order valence-electron chi connectivity index (χ1n) is 6.68. The van der Waals surface area contributed by atoms with Crippen LogP contribution in [-0.4, -0.2) is 12.5 Å². The van der Waals surface area contributed by atoms with Crippen molar-refractivity contribution in [3.63, 3.8) is 0 Å². The molecule has 2 unspecified atom stereocenters. The first-order valence-corrected chi connectivity index (χ1v) is 7.86. The molecule has 21 heavy (non-hydrogen) atoms. The van der Waals surface area contributed by atoms with Gasteiger partial charge in [0.25, 0.3) is 0 Å². The van der Waals surface area contributed by atoms with Gasteiger partial charge in [-0.15, -0.1) is 0 Å². The minimum absolute atomic E-state index is 0.0501. The summed E-state index contributed by atoms with van der Waals surface area (Å²) in [6, 6.07) is 2.86. The molecule has 7 heteroatoms. The Balaban J connectivity index is 1.78. The molecule has 2 saturated carbocycles. The van der Waals surface area contributed by atoms with Gasteiger partial charge in [0.15, 0.2) is 5.75 Å². The molecule has 1 aromatic carbocycles. The molecule has 0 heterocycles. The van der Waals surface area contributed by atoms with Crippen LogP contribution >= 0.6 is 27.5 Å². The van der Waals surface area contributed by atoms with Gasteiger partial charge in [-0.05, 0) is 59.2 Å². The van der Waals surface area contributed by atoms with Crippen molar-refractivity contribution < 1.29 is 18.3 Å². The molecule has 0 saturated heterocycles. The number of amides is 1. The maximum Gasteiger partial charge on any atom is 0.387 e. The predicted molar refractivity (Wildman–Crippen MR) is 78.7 cm³/mol. The zero-order valence-electron chi connectivity index (χ0n) is 10.9. The van der Waals surface area contributed by atoms with Crippen molar-refractivity contribution in [2.24, 2.45) is 17.8 Å². The van der Waals surface area contributed by atoms with Crippen molar-refractivity contribution in [2.75, 3.05) is 5.32 Å². The third-order valence-electron chi connectivity index (χ3n) is 4.09. The van der Waals surface area contributed by atoms with Crippen LogP contribution in [0.2, 0.25) is 5.02 Å². The SMILES string of the molecule is O=C(Nc1cc(Cl)cc(Br)c1OC(F)F)C1CC2CC2C1. The Morgan fingerprint density at radius 1 is 1.33 bits per heavy atom. The molecule has 1 N–H and O–H groups in total. The molecular weight excluding hydrogens is 368 g/mol. The second-order valence-electron chi connectivity index (χ2n) is 5.56. The van der Waals surface area contributed by atoms with E-state index in [1.807, 2.05) is 0 Å². The van der Waals surface area contributed by atoms with Gasteiger partial charge in [-0.25, -0.2) is 0 Å². The van der Waals surface area contributed by atoms with E-state index in [0.29, 0.717) is 16.9 Å². The lowest BCUT2D eigenvalue weighted by Gasteiger charge is -2.17. The van der Waals surface area contributed by atoms with Gasteiger partial charge in [0.05, 0.1) is 10.2 Å². The lowest BCUT2D eigenvalue weighted by atomic mass is 10.0. The first-order chi connectivity index (χ1) is 9.94. The van der Waals surface area contributed by atoms with E-state index in [2.05, 4.69) is 26.0 Å². The molecule has 0 aromatic heterocycles. The fraction of sp³-hybridized carbons (Fsp3) is 0.500. The van der Waals surface area contributed by atoms with Crippen LogP contribution in [0, 0.1) is 17.8 Å². The molecule has 3 rings (SSSR count). The summed E-state index contributed by atoms with van der Waals surface area (Å²) in [7, 11) is 0. The number of hydrogen-bond acceptors (Lipinski definition) is 2. The van der Waals surface area contributed by atoms with Crippen LogP contribution in [0.1, 0.15) is 19.3 Å². The fourth-order valence-corrected chi connectivity index (χ4v) is 3.93. The molecule has 0 aliphatic heterocycles. The highest BCUT2D eigenvalue weighted by atomic mass is 79.9. The number of benzene rings is 1. The normalized spacial score (nSPS) is 26.6. The second kappa shape index (κ2) is 5.72. The maximum atomic E-state index is 12.5. The van der Waals surface area contributed by atoms with E-state index in [0.717, 1.165) is 12.8 Å². The number of carbonyl (C=O) groups excluding carboxylic acids is 1. The fourth-order valence-electron chi connectivity index (χ4n) is 3.03. The van der Waals surface area contributed by atoms with Crippen molar-refractivity contribution in [2.45, 2.75) is 25.9 Å². The monoisotopic (exact) mass is 379 g/mol. The third kappa shape index (κ3) is 3.31. The lowest BCUT2D eigenvalue weighted by Crippen LogP contribution is -2.22. The highest BCUT2D eigenvalue weighted by Gasteiger charge is 2.48. The molecule has 2 aliphatic rings. The Kier molecular flexibility index (Phi) is 4.10. The standard InChI is InChI=1S/C14H13BrClF2NO2/c15-10-4-9(16)5-11(12(10)21-14(17)18)19-13(20)8-2-6-1-7(6)3-8/h4-8,14H,1-3H2,(H,19,20). The summed E-state index contributed by atoms with van der Waals surface area (Å²) in [5, 5.41) is 3.00. The number of carbonyl (C=O) groups is 1. The Labute approximate surface area is 134 Å². The molecule has 114 valence electrons. The summed E-state index contributed by atoms with van der Waals surface area (Å²) in [5.74, 6) is 1.03. The number of nitrogens with one attached hydrogen (secondary N) is 1. The summed E-state index contributed by atoms with van der Waals surface area (Å²) >= 11 is 9.03. The maximum absolute atomic E-state index is 12.5. The highest BCUT2D eigenvalue weighted by Crippen LogP contribution is 2.54. The van der Waals surface area contributed by atoms with Gasteiger partial charge in [-0.3, -0.25) is 4.79 Å². The summed E-state index contributed by atoms with van der Waals surface area (Å²) < 4.78 is 29.7. The average Bonchev–Trinajstić information content (AvgIpc) is 3.00. The number of rotatable bonds is 4. The summed E-state index contributed by atoms with van der Waals surface area (Å²) in [5.41, 5.74) is 0.167. The lowest BCUT2D eigenvalue weighted by molar-refractivity contribution is -0.120. The van der Waals surface area contributed by atoms with Crippen molar-refractivity contribution in [1.29, 1.82) is 0 Å². The largest absolute Gasteiger partial charge is 0.431 e. The van der Waals surface area contributed by atoms with Gasteiger partial charge in [0, 0.05) is 10.9 Å². The number of halogens is 4. The van der Waals surface area contributed by atoms with Crippen LogP contribution in [0.5, 0.6) is 5.75 Å². The van der Waals surface area contributed by atoms with Gasteiger partial charge in [0.1, 0.15) is 0 Å². The van der Waals surface area contributed by atoms with Gasteiger partial charge < -0.3 is 10.1 Å². The zero-order chi connectivity index (χ0) is 15.1. The molecular formula is C14H13BrClF2NO2. The Morgan fingerprint density at radius 2 is 2.00 bits per heavy atom. The minimum atomic E-state index is -2.97. The van der Waals surface area contributed by atoms with E-state index >= 15 is 0 Å². The molecule has 1 aromatic rings. The van der Waals surface area contributed by atoms with Crippen LogP contribution < -0.4 is 10.1 Å². The van der Waals surface area contributed by atoms with E-state index in [1.165, 1.54) is 18.6 Å². The van der Waals surface area contributed by atoms with Gasteiger partial charge in [-0.2, -0.15) is 8.78 Å². The summed E-state index contributed by atoms with van der Waals surface area (Å²) in [6.45, 7) is -2.97. The smallest absolute Gasteiger partial charge is 0.387 e. The van der Waals surface area contributed by atoms with E-state index in [4.69, 9.17) is 11.6 Å². The number of hydrogen-bond donors (Lipinski definition) is 1. The van der Waals surface area contributed by atoms with Gasteiger partial charge in [0.2, 0.25) is 5.91 Å². The van der Waals surface area contributed by atoms with Crippen LogP contribution in [0.4, 0.5) is 14.5 Å². The van der Waals surface area contributed by atoms with E-state index < -0.39 is 6.61 Å². The van der Waals surface area contributed by atoms with Crippen molar-refractivity contribution in [3.05, 3.63) is 21.6 Å². The van der Waals surface area contributed by atoms with E-state index in [-0.39, 0.29) is 27.7 Å². The zero-order valence-corrected chi connectivity index (χ0v) is 13.3. The number of anilines is 1. The highest BCUT2D eigenvalue weighted by molar-refractivity contribution is 9.10. The molecule has 3 nitrogen and oxygen atoms in total. The molecule has 0 spiro atoms. The third-order valence-corrected chi connectivity index (χ3v) is 4.89. The predicted octanol–water partition coefficient (Wildman–Crippen LogP) is 4.69. The Bertz CT molecular complexity index is 574. The van der Waals surface area contributed by atoms with Crippen molar-refractivity contribution >= 4 is 39.1 Å². The van der Waals surface area contributed by atoms with Crippen LogP contribution in [0.15, 0.2) is 16.6 Å². The second-order valence-corrected chi connectivity index (χ2v) is 6.85. The molecule has 0 radical (unpaired) electrons. The van der Waals surface area contributed by atoms with Gasteiger partial charge >= 0.3 is 6.61 Å². The Hall–Kier alpha value is -0.880. The van der Waals surface area contributed by atoms with Gasteiger partial charge in [-0.1, -0.05) is 11.6 Å². The van der Waals surface area contributed by atoms with E-state index in [1.54, 1.807) is 0 Å². The van der Waals surface area contributed by atoms with E-state index in [9.17, 15) is 13.6 Å². The minimum Gasteiger partial charge on any atom is -0.431 e. The summed E-state index contributed by atoms with van der Waals surface area (Å²) in [6.07, 6.45) is 2.97. The summed E-state index contributed by atoms with van der Waals surface area (Å²) in [4.78, 5) is 12.2. The topological polar surface area (TPSA) is 38.3 Å². The van der Waals surface area contributed by atoms with Crippen molar-refractivity contribution in [1.82, 2.24) is 0 Å². The molecule has 2 fully saturated rings. The molecule has 0 bridgehead atoms.